The number of nitro groups is 1. The number of benzene rings is 1. The fourth-order valence-corrected chi connectivity index (χ4v) is 2.01. The lowest BCUT2D eigenvalue weighted by atomic mass is 10.1. The first-order chi connectivity index (χ1) is 9.36. The zero-order chi connectivity index (χ0) is 14.8. The second kappa shape index (κ2) is 5.66. The highest BCUT2D eigenvalue weighted by Gasteiger charge is 2.33. The second-order valence-corrected chi connectivity index (χ2v) is 4.55. The van der Waals surface area contributed by atoms with E-state index in [1.165, 1.54) is 5.06 Å². The number of halogens is 3. The molecule has 0 radical (unpaired) electrons. The van der Waals surface area contributed by atoms with Crippen LogP contribution in [0.1, 0.15) is 24.8 Å². The number of hydrogen-bond acceptors (Lipinski definition) is 4. The molecule has 1 aromatic carbocycles. The van der Waals surface area contributed by atoms with E-state index in [9.17, 15) is 23.3 Å². The maximum atomic E-state index is 12.7. The molecular weight excluding hydrogens is 277 g/mol. The summed E-state index contributed by atoms with van der Waals surface area (Å²) >= 11 is 0. The molecule has 0 spiro atoms. The Hall–Kier alpha value is -1.83. The van der Waals surface area contributed by atoms with Crippen LogP contribution in [0.2, 0.25) is 0 Å². The SMILES string of the molecule is O=[N+]([O-])c1cc(ON2CCCCC2)cc(C(F)(F)F)c1. The third-order valence-electron chi connectivity index (χ3n) is 2.98. The van der Waals surface area contributed by atoms with E-state index in [1.807, 2.05) is 0 Å². The predicted octanol–water partition coefficient (Wildman–Crippen LogP) is 3.39. The minimum atomic E-state index is -4.65. The standard InChI is InChI=1S/C12H13F3N2O3/c13-12(14,15)9-6-10(17(18)19)8-11(7-9)20-16-4-2-1-3-5-16/h6-8H,1-5H2. The second-order valence-electron chi connectivity index (χ2n) is 4.55. The van der Waals surface area contributed by atoms with Gasteiger partial charge in [-0.05, 0) is 18.9 Å². The van der Waals surface area contributed by atoms with Gasteiger partial charge in [0.25, 0.3) is 5.69 Å². The molecule has 20 heavy (non-hydrogen) atoms. The van der Waals surface area contributed by atoms with Crippen LogP contribution in [0.3, 0.4) is 0 Å². The number of hydrogen-bond donors (Lipinski definition) is 0. The number of nitrogens with zero attached hydrogens (tertiary/aromatic N) is 2. The van der Waals surface area contributed by atoms with E-state index in [0.29, 0.717) is 19.2 Å². The molecule has 0 N–H and O–H groups in total. The fourth-order valence-electron chi connectivity index (χ4n) is 2.01. The zero-order valence-corrected chi connectivity index (χ0v) is 10.5. The summed E-state index contributed by atoms with van der Waals surface area (Å²) in [6.07, 6.45) is -1.82. The average Bonchev–Trinajstić information content (AvgIpc) is 2.38. The van der Waals surface area contributed by atoms with Crippen LogP contribution >= 0.6 is 0 Å². The lowest BCUT2D eigenvalue weighted by Gasteiger charge is -2.26. The number of hydroxylamine groups is 2. The monoisotopic (exact) mass is 290 g/mol. The summed E-state index contributed by atoms with van der Waals surface area (Å²) in [5, 5.41) is 12.2. The molecule has 8 heteroatoms. The quantitative estimate of drug-likeness (QED) is 0.632. The molecule has 0 saturated carbocycles. The molecule has 2 rings (SSSR count). The van der Waals surface area contributed by atoms with E-state index in [0.717, 1.165) is 31.4 Å². The summed E-state index contributed by atoms with van der Waals surface area (Å²) in [7, 11) is 0. The summed E-state index contributed by atoms with van der Waals surface area (Å²) in [6.45, 7) is 1.20. The van der Waals surface area contributed by atoms with Crippen molar-refractivity contribution in [2.75, 3.05) is 13.1 Å². The van der Waals surface area contributed by atoms with Crippen molar-refractivity contribution in [2.45, 2.75) is 25.4 Å². The smallest absolute Gasteiger partial charge is 0.406 e. The first-order valence-electron chi connectivity index (χ1n) is 6.16. The molecule has 1 aromatic rings. The van der Waals surface area contributed by atoms with E-state index >= 15 is 0 Å². The predicted molar refractivity (Wildman–Crippen MR) is 64.2 cm³/mol. The first-order valence-corrected chi connectivity index (χ1v) is 6.16. The van der Waals surface area contributed by atoms with Gasteiger partial charge in [0.1, 0.15) is 0 Å². The Morgan fingerprint density at radius 3 is 2.35 bits per heavy atom. The molecule has 0 aromatic heterocycles. The van der Waals surface area contributed by atoms with Gasteiger partial charge in [-0.3, -0.25) is 10.1 Å². The van der Waals surface area contributed by atoms with Crippen LogP contribution in [0.25, 0.3) is 0 Å². The molecule has 1 heterocycles. The summed E-state index contributed by atoms with van der Waals surface area (Å²) in [5.74, 6) is -0.159. The normalized spacial score (nSPS) is 16.9. The molecule has 1 aliphatic heterocycles. The van der Waals surface area contributed by atoms with Crippen molar-refractivity contribution in [3.05, 3.63) is 33.9 Å². The first kappa shape index (κ1) is 14.6. The van der Waals surface area contributed by atoms with E-state index < -0.39 is 22.4 Å². The van der Waals surface area contributed by atoms with Crippen LogP contribution < -0.4 is 4.84 Å². The molecule has 110 valence electrons. The lowest BCUT2D eigenvalue weighted by Crippen LogP contribution is -2.32. The number of rotatable bonds is 3. The Balaban J connectivity index is 2.26. The Bertz CT molecular complexity index is 499. The van der Waals surface area contributed by atoms with Crippen LogP contribution in [0, 0.1) is 10.1 Å². The molecular formula is C12H13F3N2O3. The van der Waals surface area contributed by atoms with Gasteiger partial charge in [0.15, 0.2) is 5.75 Å². The molecule has 0 bridgehead atoms. The molecule has 0 amide bonds. The van der Waals surface area contributed by atoms with Crippen LogP contribution in [-0.4, -0.2) is 23.1 Å². The Kier molecular flexibility index (Phi) is 4.12. The van der Waals surface area contributed by atoms with Crippen molar-refractivity contribution in [3.63, 3.8) is 0 Å². The van der Waals surface area contributed by atoms with Crippen LogP contribution in [-0.2, 0) is 6.18 Å². The minimum absolute atomic E-state index is 0.159. The Morgan fingerprint density at radius 2 is 1.80 bits per heavy atom. The highest BCUT2D eigenvalue weighted by atomic mass is 19.4. The molecule has 1 saturated heterocycles. The molecule has 1 aliphatic rings. The maximum Gasteiger partial charge on any atom is 0.416 e. The number of piperidine rings is 1. The summed E-state index contributed by atoms with van der Waals surface area (Å²) in [4.78, 5) is 15.1. The van der Waals surface area contributed by atoms with E-state index in [1.54, 1.807) is 0 Å². The fraction of sp³-hybridized carbons (Fsp3) is 0.500. The highest BCUT2D eigenvalue weighted by molar-refractivity contribution is 5.43. The third kappa shape index (κ3) is 3.60. The summed E-state index contributed by atoms with van der Waals surface area (Å²) in [5.41, 5.74) is -1.72. The van der Waals surface area contributed by atoms with Crippen molar-refractivity contribution in [3.8, 4) is 5.75 Å². The van der Waals surface area contributed by atoms with Gasteiger partial charge < -0.3 is 4.84 Å². The summed E-state index contributed by atoms with van der Waals surface area (Å²) in [6, 6.07) is 2.29. The van der Waals surface area contributed by atoms with Crippen molar-refractivity contribution < 1.29 is 22.9 Å². The van der Waals surface area contributed by atoms with Gasteiger partial charge in [0.05, 0.1) is 16.6 Å². The molecule has 1 fully saturated rings. The Morgan fingerprint density at radius 1 is 1.15 bits per heavy atom. The number of nitro benzene ring substituents is 1. The Labute approximate surface area is 113 Å². The van der Waals surface area contributed by atoms with E-state index in [2.05, 4.69) is 0 Å². The van der Waals surface area contributed by atoms with Crippen molar-refractivity contribution in [1.82, 2.24) is 5.06 Å². The minimum Gasteiger partial charge on any atom is -0.406 e. The molecule has 0 aliphatic carbocycles. The molecule has 0 atom stereocenters. The number of alkyl halides is 3. The summed E-state index contributed by atoms with van der Waals surface area (Å²) < 4.78 is 38.1. The molecule has 0 unspecified atom stereocenters. The van der Waals surface area contributed by atoms with Crippen LogP contribution in [0.4, 0.5) is 18.9 Å². The largest absolute Gasteiger partial charge is 0.416 e. The van der Waals surface area contributed by atoms with Crippen LogP contribution in [0.5, 0.6) is 5.75 Å². The molecule has 5 nitrogen and oxygen atoms in total. The van der Waals surface area contributed by atoms with Gasteiger partial charge in [-0.25, -0.2) is 0 Å². The van der Waals surface area contributed by atoms with Crippen molar-refractivity contribution >= 4 is 5.69 Å². The van der Waals surface area contributed by atoms with Gasteiger partial charge in [0, 0.05) is 19.2 Å². The van der Waals surface area contributed by atoms with E-state index in [4.69, 9.17) is 4.84 Å². The van der Waals surface area contributed by atoms with Crippen molar-refractivity contribution in [1.29, 1.82) is 0 Å². The van der Waals surface area contributed by atoms with Gasteiger partial charge in [-0.15, -0.1) is 5.06 Å². The van der Waals surface area contributed by atoms with Crippen LogP contribution in [0.15, 0.2) is 18.2 Å². The topological polar surface area (TPSA) is 55.6 Å². The van der Waals surface area contributed by atoms with Crippen molar-refractivity contribution in [2.24, 2.45) is 0 Å². The highest BCUT2D eigenvalue weighted by Crippen LogP contribution is 2.35. The average molecular weight is 290 g/mol. The van der Waals surface area contributed by atoms with Gasteiger partial charge in [-0.1, -0.05) is 6.42 Å². The van der Waals surface area contributed by atoms with Gasteiger partial charge in [0.2, 0.25) is 0 Å². The lowest BCUT2D eigenvalue weighted by molar-refractivity contribution is -0.385. The maximum absolute atomic E-state index is 12.7. The van der Waals surface area contributed by atoms with Gasteiger partial charge in [-0.2, -0.15) is 13.2 Å². The number of non-ortho nitro benzene ring substituents is 1. The third-order valence-corrected chi connectivity index (χ3v) is 2.98. The zero-order valence-electron chi connectivity index (χ0n) is 10.5. The van der Waals surface area contributed by atoms with E-state index in [-0.39, 0.29) is 5.75 Å². The van der Waals surface area contributed by atoms with Gasteiger partial charge >= 0.3 is 6.18 Å².